The number of nitrogens with one attached hydrogen (secondary N) is 1. The van der Waals surface area contributed by atoms with Gasteiger partial charge < -0.3 is 10.4 Å². The zero-order valence-corrected chi connectivity index (χ0v) is 9.68. The minimum Gasteiger partial charge on any atom is -0.396 e. The fraction of sp³-hybridized carbons (Fsp3) is 1.00. The van der Waals surface area contributed by atoms with Gasteiger partial charge in [0.05, 0.1) is 0 Å². The van der Waals surface area contributed by atoms with Crippen LogP contribution in [-0.4, -0.2) is 24.8 Å². The number of rotatable bonds is 6. The smallest absolute Gasteiger partial charge is 0.0499 e. The van der Waals surface area contributed by atoms with E-state index in [0.717, 1.165) is 19.0 Å². The molecule has 0 heterocycles. The topological polar surface area (TPSA) is 32.3 Å². The van der Waals surface area contributed by atoms with Gasteiger partial charge in [0.15, 0.2) is 0 Å². The fourth-order valence-corrected chi connectivity index (χ4v) is 2.26. The molecular formula is C12H25NO. The largest absolute Gasteiger partial charge is 0.396 e. The molecule has 0 aromatic carbocycles. The van der Waals surface area contributed by atoms with Gasteiger partial charge in [-0.2, -0.15) is 0 Å². The van der Waals surface area contributed by atoms with Crippen LogP contribution in [0.3, 0.4) is 0 Å². The summed E-state index contributed by atoms with van der Waals surface area (Å²) in [6.07, 6.45) is 6.25. The Bertz CT molecular complexity index is 150. The zero-order chi connectivity index (χ0) is 10.4. The highest BCUT2D eigenvalue weighted by Crippen LogP contribution is 2.36. The molecule has 0 unspecified atom stereocenters. The Hall–Kier alpha value is -0.0800. The van der Waals surface area contributed by atoms with Crippen molar-refractivity contribution in [3.63, 3.8) is 0 Å². The average molecular weight is 199 g/mol. The van der Waals surface area contributed by atoms with Crippen LogP contribution in [0.15, 0.2) is 0 Å². The minimum absolute atomic E-state index is 0.219. The van der Waals surface area contributed by atoms with E-state index in [4.69, 9.17) is 0 Å². The first kappa shape index (κ1) is 12.0. The normalized spacial score (nSPS) is 20.6. The molecule has 1 fully saturated rings. The summed E-state index contributed by atoms with van der Waals surface area (Å²) in [5.41, 5.74) is 0.219. The molecule has 0 spiro atoms. The molecule has 2 heteroatoms. The summed E-state index contributed by atoms with van der Waals surface area (Å²) in [5.74, 6) is 0.774. The van der Waals surface area contributed by atoms with E-state index in [0.29, 0.717) is 6.61 Å². The molecule has 1 saturated carbocycles. The molecule has 0 atom stereocenters. The lowest BCUT2D eigenvalue weighted by Crippen LogP contribution is -2.35. The van der Waals surface area contributed by atoms with Crippen LogP contribution in [0.5, 0.6) is 0 Å². The van der Waals surface area contributed by atoms with Gasteiger partial charge >= 0.3 is 0 Å². The second kappa shape index (κ2) is 5.72. The SMILES string of the molecule is CC(C)CCNCC1(CO)CCCC1. The molecule has 84 valence electrons. The summed E-state index contributed by atoms with van der Waals surface area (Å²) in [7, 11) is 0. The van der Waals surface area contributed by atoms with Gasteiger partial charge in [0.1, 0.15) is 0 Å². The molecule has 2 nitrogen and oxygen atoms in total. The second-order valence-electron chi connectivity index (χ2n) is 5.22. The summed E-state index contributed by atoms with van der Waals surface area (Å²) >= 11 is 0. The van der Waals surface area contributed by atoms with Crippen molar-refractivity contribution < 1.29 is 5.11 Å². The Kier molecular flexibility index (Phi) is 4.90. The van der Waals surface area contributed by atoms with Gasteiger partial charge in [-0.15, -0.1) is 0 Å². The molecule has 0 radical (unpaired) electrons. The molecule has 0 bridgehead atoms. The molecular weight excluding hydrogens is 174 g/mol. The molecule has 0 aromatic heterocycles. The second-order valence-corrected chi connectivity index (χ2v) is 5.22. The van der Waals surface area contributed by atoms with Crippen molar-refractivity contribution >= 4 is 0 Å². The lowest BCUT2D eigenvalue weighted by atomic mass is 9.87. The standard InChI is InChI=1S/C12H25NO/c1-11(2)5-8-13-9-12(10-14)6-3-4-7-12/h11,13-14H,3-10H2,1-2H3. The monoisotopic (exact) mass is 199 g/mol. The van der Waals surface area contributed by atoms with Crippen LogP contribution in [0.2, 0.25) is 0 Å². The van der Waals surface area contributed by atoms with E-state index in [2.05, 4.69) is 19.2 Å². The first-order valence-corrected chi connectivity index (χ1v) is 6.00. The fourth-order valence-electron chi connectivity index (χ4n) is 2.26. The molecule has 1 rings (SSSR count). The molecule has 0 saturated heterocycles. The maximum atomic E-state index is 9.39. The highest BCUT2D eigenvalue weighted by molar-refractivity contribution is 4.85. The number of aliphatic hydroxyl groups is 1. The third-order valence-electron chi connectivity index (χ3n) is 3.40. The van der Waals surface area contributed by atoms with Crippen LogP contribution >= 0.6 is 0 Å². The third-order valence-corrected chi connectivity index (χ3v) is 3.40. The predicted octanol–water partition coefficient (Wildman–Crippen LogP) is 2.17. The van der Waals surface area contributed by atoms with Gasteiger partial charge in [-0.1, -0.05) is 26.7 Å². The van der Waals surface area contributed by atoms with Gasteiger partial charge in [0.25, 0.3) is 0 Å². The molecule has 2 N–H and O–H groups in total. The van der Waals surface area contributed by atoms with Gasteiger partial charge in [-0.3, -0.25) is 0 Å². The van der Waals surface area contributed by atoms with Crippen molar-refractivity contribution in [3.8, 4) is 0 Å². The Balaban J connectivity index is 2.15. The average Bonchev–Trinajstić information content (AvgIpc) is 2.62. The molecule has 1 aliphatic rings. The lowest BCUT2D eigenvalue weighted by Gasteiger charge is -2.26. The summed E-state index contributed by atoms with van der Waals surface area (Å²) in [6, 6.07) is 0. The zero-order valence-electron chi connectivity index (χ0n) is 9.68. The van der Waals surface area contributed by atoms with Crippen LogP contribution < -0.4 is 5.32 Å². The molecule has 0 aliphatic heterocycles. The lowest BCUT2D eigenvalue weighted by molar-refractivity contribution is 0.128. The van der Waals surface area contributed by atoms with Crippen molar-refractivity contribution in [1.29, 1.82) is 0 Å². The Labute approximate surface area is 88.1 Å². The van der Waals surface area contributed by atoms with E-state index in [1.54, 1.807) is 0 Å². The van der Waals surface area contributed by atoms with Gasteiger partial charge in [-0.25, -0.2) is 0 Å². The van der Waals surface area contributed by atoms with Crippen LogP contribution in [0.4, 0.5) is 0 Å². The Morgan fingerprint density at radius 2 is 1.93 bits per heavy atom. The van der Waals surface area contributed by atoms with Gasteiger partial charge in [0.2, 0.25) is 0 Å². The van der Waals surface area contributed by atoms with E-state index >= 15 is 0 Å². The van der Waals surface area contributed by atoms with Crippen molar-refractivity contribution in [2.75, 3.05) is 19.7 Å². The summed E-state index contributed by atoms with van der Waals surface area (Å²) < 4.78 is 0. The molecule has 0 amide bonds. The Morgan fingerprint density at radius 1 is 1.29 bits per heavy atom. The Morgan fingerprint density at radius 3 is 2.43 bits per heavy atom. The summed E-state index contributed by atoms with van der Waals surface area (Å²) in [6.45, 7) is 6.97. The number of hydrogen-bond acceptors (Lipinski definition) is 2. The first-order valence-electron chi connectivity index (χ1n) is 6.00. The van der Waals surface area contributed by atoms with Crippen LogP contribution in [0.25, 0.3) is 0 Å². The van der Waals surface area contributed by atoms with Crippen molar-refractivity contribution in [2.45, 2.75) is 46.0 Å². The quantitative estimate of drug-likeness (QED) is 0.643. The van der Waals surface area contributed by atoms with E-state index in [9.17, 15) is 5.11 Å². The highest BCUT2D eigenvalue weighted by Gasteiger charge is 2.32. The maximum absolute atomic E-state index is 9.39. The van der Waals surface area contributed by atoms with E-state index in [1.165, 1.54) is 32.1 Å². The van der Waals surface area contributed by atoms with Crippen molar-refractivity contribution in [2.24, 2.45) is 11.3 Å². The predicted molar refractivity (Wildman–Crippen MR) is 60.3 cm³/mol. The van der Waals surface area contributed by atoms with Gasteiger partial charge in [0, 0.05) is 18.6 Å². The summed E-state index contributed by atoms with van der Waals surface area (Å²) in [5, 5.41) is 12.9. The molecule has 0 aromatic rings. The third kappa shape index (κ3) is 3.58. The van der Waals surface area contributed by atoms with E-state index in [-0.39, 0.29) is 5.41 Å². The van der Waals surface area contributed by atoms with Crippen LogP contribution in [-0.2, 0) is 0 Å². The summed E-state index contributed by atoms with van der Waals surface area (Å²) in [4.78, 5) is 0. The van der Waals surface area contributed by atoms with Crippen LogP contribution in [0.1, 0.15) is 46.0 Å². The number of hydrogen-bond donors (Lipinski definition) is 2. The molecule has 14 heavy (non-hydrogen) atoms. The first-order chi connectivity index (χ1) is 6.68. The van der Waals surface area contributed by atoms with Gasteiger partial charge in [-0.05, 0) is 31.7 Å². The van der Waals surface area contributed by atoms with Crippen LogP contribution in [0, 0.1) is 11.3 Å². The number of aliphatic hydroxyl groups excluding tert-OH is 1. The molecule has 1 aliphatic carbocycles. The highest BCUT2D eigenvalue weighted by atomic mass is 16.3. The van der Waals surface area contributed by atoms with Crippen molar-refractivity contribution in [3.05, 3.63) is 0 Å². The minimum atomic E-state index is 0.219. The maximum Gasteiger partial charge on any atom is 0.0499 e. The van der Waals surface area contributed by atoms with Crippen molar-refractivity contribution in [1.82, 2.24) is 5.32 Å². The van der Waals surface area contributed by atoms with E-state index in [1.807, 2.05) is 0 Å². The van der Waals surface area contributed by atoms with E-state index < -0.39 is 0 Å².